The predicted molar refractivity (Wildman–Crippen MR) is 39.0 cm³/mol. The maximum Gasteiger partial charge on any atom is 0.195 e. The largest absolute Gasteiger partial charge is 0.398 e. The molecule has 2 aliphatic carbocycles. The fraction of sp³-hybridized carbons (Fsp3) is 0.125. The quantitative estimate of drug-likeness (QED) is 0.547. The molecule has 0 saturated heterocycles. The number of anilines is 1. The van der Waals surface area contributed by atoms with Gasteiger partial charge >= 0.3 is 0 Å². The van der Waals surface area contributed by atoms with Crippen molar-refractivity contribution < 1.29 is 4.79 Å². The summed E-state index contributed by atoms with van der Waals surface area (Å²) < 4.78 is 0. The Hall–Kier alpha value is -1.31. The highest BCUT2D eigenvalue weighted by Crippen LogP contribution is 2.30. The lowest BCUT2D eigenvalue weighted by atomic mass is 9.87. The summed E-state index contributed by atoms with van der Waals surface area (Å²) in [6.07, 6.45) is 0. The number of fused-ring (bicyclic) bond motifs is 2. The first-order chi connectivity index (χ1) is 4.70. The molecule has 2 bridgehead atoms. The number of hydrogen-bond acceptors (Lipinski definition) is 2. The molecule has 0 fully saturated rings. The van der Waals surface area contributed by atoms with E-state index in [0.717, 1.165) is 11.1 Å². The van der Waals surface area contributed by atoms with Crippen molar-refractivity contribution in [3.05, 3.63) is 28.8 Å². The van der Waals surface area contributed by atoms with Crippen molar-refractivity contribution >= 4 is 11.5 Å². The van der Waals surface area contributed by atoms with Crippen molar-refractivity contribution in [2.24, 2.45) is 0 Å². The van der Waals surface area contributed by atoms with E-state index in [2.05, 4.69) is 0 Å². The second kappa shape index (κ2) is 1.40. The summed E-state index contributed by atoms with van der Waals surface area (Å²) in [4.78, 5) is 10.9. The minimum atomic E-state index is 0.100. The molecule has 0 amide bonds. The predicted octanol–water partition coefficient (Wildman–Crippen LogP) is 1.12. The Morgan fingerprint density at radius 1 is 1.40 bits per heavy atom. The van der Waals surface area contributed by atoms with Crippen molar-refractivity contribution in [2.75, 3.05) is 5.73 Å². The number of aryl methyl sites for hydroxylation is 1. The van der Waals surface area contributed by atoms with Gasteiger partial charge in [0.25, 0.3) is 0 Å². The Bertz CT molecular complexity index is 328. The van der Waals surface area contributed by atoms with E-state index in [4.69, 9.17) is 5.73 Å². The van der Waals surface area contributed by atoms with Crippen LogP contribution in [-0.2, 0) is 0 Å². The van der Waals surface area contributed by atoms with Gasteiger partial charge in [0.05, 0.1) is 0 Å². The van der Waals surface area contributed by atoms with Gasteiger partial charge in [0, 0.05) is 16.8 Å². The van der Waals surface area contributed by atoms with Crippen molar-refractivity contribution in [1.29, 1.82) is 0 Å². The highest BCUT2D eigenvalue weighted by molar-refractivity contribution is 6.20. The van der Waals surface area contributed by atoms with Crippen LogP contribution in [0, 0.1) is 6.92 Å². The maximum absolute atomic E-state index is 10.9. The van der Waals surface area contributed by atoms with E-state index < -0.39 is 0 Å². The van der Waals surface area contributed by atoms with Crippen LogP contribution in [0.25, 0.3) is 0 Å². The van der Waals surface area contributed by atoms with Gasteiger partial charge in [0.1, 0.15) is 0 Å². The maximum atomic E-state index is 10.9. The Balaban J connectivity index is 2.78. The lowest BCUT2D eigenvalue weighted by Gasteiger charge is -2.17. The molecule has 0 atom stereocenters. The molecule has 2 nitrogen and oxygen atoms in total. The Morgan fingerprint density at radius 3 is 2.50 bits per heavy atom. The lowest BCUT2D eigenvalue weighted by Crippen LogP contribution is -2.16. The number of ketones is 1. The molecule has 2 aliphatic rings. The molecule has 3 rings (SSSR count). The number of hydrogen-bond donors (Lipinski definition) is 1. The molecule has 2 N–H and O–H groups in total. The van der Waals surface area contributed by atoms with Crippen molar-refractivity contribution in [3.63, 3.8) is 0 Å². The first-order valence-corrected chi connectivity index (χ1v) is 3.15. The van der Waals surface area contributed by atoms with Crippen LogP contribution < -0.4 is 5.73 Å². The molecular formula is C8H7NO. The first-order valence-electron chi connectivity index (χ1n) is 3.15. The van der Waals surface area contributed by atoms with E-state index in [1.54, 1.807) is 0 Å². The number of carbonyl (C=O) groups excluding carboxylic acids is 1. The molecule has 0 saturated carbocycles. The van der Waals surface area contributed by atoms with Crippen LogP contribution in [0.4, 0.5) is 5.69 Å². The molecule has 0 aromatic heterocycles. The fourth-order valence-corrected chi connectivity index (χ4v) is 1.20. The van der Waals surface area contributed by atoms with E-state index in [-0.39, 0.29) is 5.78 Å². The Labute approximate surface area is 58.7 Å². The van der Waals surface area contributed by atoms with Gasteiger partial charge in [-0.05, 0) is 24.6 Å². The minimum Gasteiger partial charge on any atom is -0.398 e. The molecule has 0 unspecified atom stereocenters. The highest BCUT2D eigenvalue weighted by atomic mass is 16.1. The van der Waals surface area contributed by atoms with Crippen molar-refractivity contribution in [2.45, 2.75) is 6.92 Å². The third kappa shape index (κ3) is 0.421. The summed E-state index contributed by atoms with van der Waals surface area (Å²) in [5.41, 5.74) is 8.72. The summed E-state index contributed by atoms with van der Waals surface area (Å²) in [6.45, 7) is 1.91. The summed E-state index contributed by atoms with van der Waals surface area (Å²) in [5.74, 6) is 0.100. The van der Waals surface area contributed by atoms with Gasteiger partial charge in [-0.2, -0.15) is 0 Å². The van der Waals surface area contributed by atoms with Crippen LogP contribution >= 0.6 is 0 Å². The van der Waals surface area contributed by atoms with Gasteiger partial charge in [-0.15, -0.1) is 0 Å². The molecule has 0 heterocycles. The molecule has 10 heavy (non-hydrogen) atoms. The Kier molecular flexibility index (Phi) is 0.765. The van der Waals surface area contributed by atoms with Gasteiger partial charge in [-0.25, -0.2) is 0 Å². The van der Waals surface area contributed by atoms with Crippen LogP contribution in [0.2, 0.25) is 0 Å². The van der Waals surface area contributed by atoms with Crippen LogP contribution in [0.5, 0.6) is 0 Å². The average Bonchev–Trinajstić information content (AvgIpc) is 1.92. The zero-order chi connectivity index (χ0) is 7.30. The van der Waals surface area contributed by atoms with Crippen LogP contribution in [0.3, 0.4) is 0 Å². The highest BCUT2D eigenvalue weighted by Gasteiger charge is 2.24. The summed E-state index contributed by atoms with van der Waals surface area (Å²) >= 11 is 0. The standard InChI is InChI=1S/C8H7NO/c1-4-2-5-3-6(7(4)9)8(5)10/h2-3H,9H2,1H3. The molecule has 0 radical (unpaired) electrons. The number of nitrogens with two attached hydrogens (primary N) is 1. The third-order valence-corrected chi connectivity index (χ3v) is 1.89. The first kappa shape index (κ1) is 5.47. The second-order valence-electron chi connectivity index (χ2n) is 2.58. The van der Waals surface area contributed by atoms with E-state index in [1.165, 1.54) is 0 Å². The zero-order valence-electron chi connectivity index (χ0n) is 5.64. The topological polar surface area (TPSA) is 43.1 Å². The van der Waals surface area contributed by atoms with Gasteiger partial charge in [0.2, 0.25) is 0 Å². The Morgan fingerprint density at radius 2 is 2.10 bits per heavy atom. The fourth-order valence-electron chi connectivity index (χ4n) is 1.20. The SMILES string of the molecule is Cc1cc2cc(c1N)C2=O. The van der Waals surface area contributed by atoms with Gasteiger partial charge in [-0.3, -0.25) is 4.79 Å². The summed E-state index contributed by atoms with van der Waals surface area (Å²) in [5, 5.41) is 0. The van der Waals surface area contributed by atoms with Crippen molar-refractivity contribution in [1.82, 2.24) is 0 Å². The molecule has 1 aromatic carbocycles. The van der Waals surface area contributed by atoms with E-state index in [1.807, 2.05) is 19.1 Å². The van der Waals surface area contributed by atoms with E-state index in [0.29, 0.717) is 11.3 Å². The minimum absolute atomic E-state index is 0.100. The molecule has 0 spiro atoms. The number of nitrogen functional groups attached to an aromatic ring is 1. The normalized spacial score (nSPS) is 13.1. The molecule has 50 valence electrons. The van der Waals surface area contributed by atoms with Crippen LogP contribution in [-0.4, -0.2) is 5.78 Å². The van der Waals surface area contributed by atoms with Gasteiger partial charge in [0.15, 0.2) is 5.78 Å². The zero-order valence-corrected chi connectivity index (χ0v) is 5.64. The monoisotopic (exact) mass is 133 g/mol. The van der Waals surface area contributed by atoms with Crippen LogP contribution in [0.15, 0.2) is 12.1 Å². The molecule has 2 heteroatoms. The molecule has 1 aromatic rings. The summed E-state index contributed by atoms with van der Waals surface area (Å²) in [7, 11) is 0. The van der Waals surface area contributed by atoms with E-state index >= 15 is 0 Å². The number of benzene rings is 1. The van der Waals surface area contributed by atoms with E-state index in [9.17, 15) is 4.79 Å². The lowest BCUT2D eigenvalue weighted by molar-refractivity contribution is 0.102. The summed E-state index contributed by atoms with van der Waals surface area (Å²) in [6, 6.07) is 3.65. The molecule has 0 aliphatic heterocycles. The number of carbonyl (C=O) groups is 1. The third-order valence-electron chi connectivity index (χ3n) is 1.89. The number of rotatable bonds is 0. The van der Waals surface area contributed by atoms with Gasteiger partial charge in [-0.1, -0.05) is 0 Å². The smallest absolute Gasteiger partial charge is 0.195 e. The van der Waals surface area contributed by atoms with Crippen molar-refractivity contribution in [3.8, 4) is 0 Å². The second-order valence-corrected chi connectivity index (χ2v) is 2.58. The average molecular weight is 133 g/mol. The van der Waals surface area contributed by atoms with Crippen LogP contribution in [0.1, 0.15) is 21.5 Å². The molecular weight excluding hydrogens is 126 g/mol. The van der Waals surface area contributed by atoms with Gasteiger partial charge < -0.3 is 5.73 Å².